The molecule has 3 aromatic rings. The molecule has 0 aromatic heterocycles. The SMILES string of the molecule is COc1cccc(OC)c1C(=O)NC(=S)Nc1ccc(Oc2ccc(Cl)cc2)cc1. The Morgan fingerprint density at radius 2 is 1.40 bits per heavy atom. The minimum atomic E-state index is -0.440. The van der Waals surface area contributed by atoms with E-state index >= 15 is 0 Å². The number of hydrogen-bond donors (Lipinski definition) is 2. The normalized spacial score (nSPS) is 10.1. The molecule has 0 heterocycles. The quantitative estimate of drug-likeness (QED) is 0.506. The van der Waals surface area contributed by atoms with E-state index in [0.717, 1.165) is 0 Å². The molecule has 0 aliphatic heterocycles. The number of methoxy groups -OCH3 is 2. The summed E-state index contributed by atoms with van der Waals surface area (Å²) in [5, 5.41) is 6.37. The lowest BCUT2D eigenvalue weighted by atomic mass is 10.1. The zero-order valence-electron chi connectivity index (χ0n) is 16.3. The number of hydrogen-bond acceptors (Lipinski definition) is 5. The van der Waals surface area contributed by atoms with Crippen molar-refractivity contribution in [2.45, 2.75) is 0 Å². The first-order chi connectivity index (χ1) is 14.5. The van der Waals surface area contributed by atoms with Gasteiger partial charge in [-0.1, -0.05) is 17.7 Å². The van der Waals surface area contributed by atoms with Gasteiger partial charge in [-0.05, 0) is 72.9 Å². The molecular weight excluding hydrogens is 424 g/mol. The Bertz CT molecular complexity index is 1020. The summed E-state index contributed by atoms with van der Waals surface area (Å²) < 4.78 is 16.3. The third kappa shape index (κ3) is 5.40. The van der Waals surface area contributed by atoms with Gasteiger partial charge in [0.1, 0.15) is 28.6 Å². The molecule has 30 heavy (non-hydrogen) atoms. The predicted molar refractivity (Wildman–Crippen MR) is 121 cm³/mol. The van der Waals surface area contributed by atoms with Gasteiger partial charge in [0.2, 0.25) is 0 Å². The minimum absolute atomic E-state index is 0.138. The maximum absolute atomic E-state index is 12.7. The Morgan fingerprint density at radius 1 is 0.867 bits per heavy atom. The van der Waals surface area contributed by atoms with Crippen molar-refractivity contribution >= 4 is 40.5 Å². The summed E-state index contributed by atoms with van der Waals surface area (Å²) in [5.74, 6) is 1.66. The van der Waals surface area contributed by atoms with E-state index in [9.17, 15) is 4.79 Å². The number of anilines is 1. The minimum Gasteiger partial charge on any atom is -0.496 e. The molecule has 0 radical (unpaired) electrons. The first kappa shape index (κ1) is 21.4. The molecule has 0 spiro atoms. The highest BCUT2D eigenvalue weighted by molar-refractivity contribution is 7.80. The Labute approximate surface area is 184 Å². The van der Waals surface area contributed by atoms with E-state index in [1.165, 1.54) is 14.2 Å². The first-order valence-electron chi connectivity index (χ1n) is 8.87. The molecule has 1 amide bonds. The number of nitrogens with one attached hydrogen (secondary N) is 2. The molecule has 2 N–H and O–H groups in total. The molecule has 0 unspecified atom stereocenters. The second-order valence-electron chi connectivity index (χ2n) is 6.03. The second-order valence-corrected chi connectivity index (χ2v) is 6.87. The number of carbonyl (C=O) groups is 1. The van der Waals surface area contributed by atoms with Gasteiger partial charge in [0.05, 0.1) is 14.2 Å². The van der Waals surface area contributed by atoms with Crippen LogP contribution in [0.3, 0.4) is 0 Å². The highest BCUT2D eigenvalue weighted by atomic mass is 35.5. The van der Waals surface area contributed by atoms with Crippen LogP contribution in [-0.4, -0.2) is 25.2 Å². The molecule has 0 bridgehead atoms. The molecule has 6 nitrogen and oxygen atoms in total. The van der Waals surface area contributed by atoms with E-state index in [-0.39, 0.29) is 10.7 Å². The van der Waals surface area contributed by atoms with Gasteiger partial charge in [-0.15, -0.1) is 0 Å². The molecule has 0 fully saturated rings. The van der Waals surface area contributed by atoms with Crippen molar-refractivity contribution in [2.75, 3.05) is 19.5 Å². The summed E-state index contributed by atoms with van der Waals surface area (Å²) in [6, 6.07) is 19.3. The Hall–Kier alpha value is -3.29. The average molecular weight is 443 g/mol. The lowest BCUT2D eigenvalue weighted by Crippen LogP contribution is -2.34. The van der Waals surface area contributed by atoms with Crippen LogP contribution >= 0.6 is 23.8 Å². The predicted octanol–water partition coefficient (Wildman–Crippen LogP) is 5.28. The molecular formula is C22H19ClN2O4S. The third-order valence-electron chi connectivity index (χ3n) is 4.04. The van der Waals surface area contributed by atoms with Crippen molar-refractivity contribution in [1.82, 2.24) is 5.32 Å². The zero-order valence-corrected chi connectivity index (χ0v) is 17.8. The molecule has 3 rings (SSSR count). The monoisotopic (exact) mass is 442 g/mol. The van der Waals surface area contributed by atoms with Gasteiger partial charge in [-0.25, -0.2) is 0 Å². The van der Waals surface area contributed by atoms with Crippen LogP contribution < -0.4 is 24.8 Å². The summed E-state index contributed by atoms with van der Waals surface area (Å²) in [6.07, 6.45) is 0. The number of thiocarbonyl (C=S) groups is 1. The van der Waals surface area contributed by atoms with Crippen LogP contribution in [0.5, 0.6) is 23.0 Å². The fraction of sp³-hybridized carbons (Fsp3) is 0.0909. The van der Waals surface area contributed by atoms with E-state index in [0.29, 0.717) is 33.7 Å². The van der Waals surface area contributed by atoms with Crippen LogP contribution in [0.15, 0.2) is 66.7 Å². The third-order valence-corrected chi connectivity index (χ3v) is 4.50. The Kier molecular flexibility index (Phi) is 7.11. The first-order valence-corrected chi connectivity index (χ1v) is 9.65. The van der Waals surface area contributed by atoms with Crippen LogP contribution in [0.4, 0.5) is 5.69 Å². The highest BCUT2D eigenvalue weighted by Gasteiger charge is 2.19. The summed E-state index contributed by atoms with van der Waals surface area (Å²) in [7, 11) is 2.96. The van der Waals surface area contributed by atoms with Gasteiger partial charge in [0.25, 0.3) is 5.91 Å². The standard InChI is InChI=1S/C22H19ClN2O4S/c1-27-18-4-3-5-19(28-2)20(18)21(26)25-22(30)24-15-8-12-17(13-9-15)29-16-10-6-14(23)7-11-16/h3-13H,1-2H3,(H2,24,25,26,30). The van der Waals surface area contributed by atoms with E-state index in [1.807, 2.05) is 0 Å². The topological polar surface area (TPSA) is 68.8 Å². The van der Waals surface area contributed by atoms with Crippen molar-refractivity contribution in [2.24, 2.45) is 0 Å². The summed E-state index contributed by atoms with van der Waals surface area (Å²) >= 11 is 11.1. The van der Waals surface area contributed by atoms with E-state index in [1.54, 1.807) is 66.7 Å². The van der Waals surface area contributed by atoms with Crippen LogP contribution in [0.25, 0.3) is 0 Å². The number of amides is 1. The molecule has 8 heteroatoms. The van der Waals surface area contributed by atoms with Crippen molar-refractivity contribution in [3.63, 3.8) is 0 Å². The van der Waals surface area contributed by atoms with Gasteiger partial charge < -0.3 is 19.5 Å². The maximum Gasteiger partial charge on any atom is 0.264 e. The van der Waals surface area contributed by atoms with Gasteiger partial charge in [-0.3, -0.25) is 10.1 Å². The Balaban J connectivity index is 1.62. The Morgan fingerprint density at radius 3 is 1.93 bits per heavy atom. The fourth-order valence-corrected chi connectivity index (χ4v) is 2.98. The number of benzene rings is 3. The molecule has 0 aliphatic rings. The zero-order chi connectivity index (χ0) is 21.5. The number of carbonyl (C=O) groups excluding carboxylic acids is 1. The van der Waals surface area contributed by atoms with E-state index in [2.05, 4.69) is 10.6 Å². The maximum atomic E-state index is 12.7. The lowest BCUT2D eigenvalue weighted by Gasteiger charge is -2.14. The average Bonchev–Trinajstić information content (AvgIpc) is 2.75. The number of halogens is 1. The van der Waals surface area contributed by atoms with Crippen LogP contribution in [-0.2, 0) is 0 Å². The highest BCUT2D eigenvalue weighted by Crippen LogP contribution is 2.28. The van der Waals surface area contributed by atoms with Crippen molar-refractivity contribution in [3.8, 4) is 23.0 Å². The molecule has 0 saturated heterocycles. The van der Waals surface area contributed by atoms with E-state index < -0.39 is 5.91 Å². The summed E-state index contributed by atoms with van der Waals surface area (Å²) in [6.45, 7) is 0. The van der Waals surface area contributed by atoms with Gasteiger partial charge >= 0.3 is 0 Å². The van der Waals surface area contributed by atoms with Gasteiger partial charge in [0.15, 0.2) is 5.11 Å². The van der Waals surface area contributed by atoms with Crippen molar-refractivity contribution in [1.29, 1.82) is 0 Å². The number of rotatable bonds is 6. The lowest BCUT2D eigenvalue weighted by molar-refractivity contribution is 0.0971. The molecule has 0 saturated carbocycles. The van der Waals surface area contributed by atoms with Crippen molar-refractivity contribution in [3.05, 3.63) is 77.3 Å². The van der Waals surface area contributed by atoms with Crippen LogP contribution in [0.2, 0.25) is 5.02 Å². The van der Waals surface area contributed by atoms with Crippen molar-refractivity contribution < 1.29 is 19.0 Å². The molecule has 154 valence electrons. The number of ether oxygens (including phenoxy) is 3. The smallest absolute Gasteiger partial charge is 0.264 e. The summed E-state index contributed by atoms with van der Waals surface area (Å²) in [5.41, 5.74) is 0.953. The molecule has 0 atom stereocenters. The summed E-state index contributed by atoms with van der Waals surface area (Å²) in [4.78, 5) is 12.7. The largest absolute Gasteiger partial charge is 0.496 e. The van der Waals surface area contributed by atoms with Gasteiger partial charge in [-0.2, -0.15) is 0 Å². The second kappa shape index (κ2) is 9.96. The molecule has 0 aliphatic carbocycles. The molecule has 3 aromatic carbocycles. The van der Waals surface area contributed by atoms with Gasteiger partial charge in [0, 0.05) is 10.7 Å². The van der Waals surface area contributed by atoms with Crippen LogP contribution in [0.1, 0.15) is 10.4 Å². The fourth-order valence-electron chi connectivity index (χ4n) is 2.65. The van der Waals surface area contributed by atoms with Crippen LogP contribution in [0, 0.1) is 0 Å². The van der Waals surface area contributed by atoms with E-state index in [4.69, 9.17) is 38.0 Å².